The normalized spacial score (nSPS) is 9.94. The van der Waals surface area contributed by atoms with E-state index in [0.717, 1.165) is 6.42 Å². The molecule has 3 N–H and O–H groups in total. The van der Waals surface area contributed by atoms with Crippen LogP contribution in [-0.2, 0) is 9.53 Å². The van der Waals surface area contributed by atoms with Crippen molar-refractivity contribution < 1.29 is 28.6 Å². The quantitative estimate of drug-likeness (QED) is 0.297. The number of carbonyl (C=O) groups is 3. The second-order valence-electron chi connectivity index (χ2n) is 6.37. The van der Waals surface area contributed by atoms with Crippen molar-refractivity contribution in [3.8, 4) is 11.5 Å². The van der Waals surface area contributed by atoms with Gasteiger partial charge in [0.25, 0.3) is 11.8 Å². The van der Waals surface area contributed by atoms with E-state index in [1.807, 2.05) is 6.92 Å². The van der Waals surface area contributed by atoms with Gasteiger partial charge in [-0.1, -0.05) is 13.0 Å². The molecule has 10 heteroatoms. The molecule has 0 saturated carbocycles. The average Bonchev–Trinajstić information content (AvgIpc) is 2.80. The minimum atomic E-state index is -0.522. The molecule has 0 fully saturated rings. The Morgan fingerprint density at radius 2 is 1.66 bits per heavy atom. The van der Waals surface area contributed by atoms with E-state index >= 15 is 0 Å². The van der Waals surface area contributed by atoms with Crippen molar-refractivity contribution in [2.45, 2.75) is 20.3 Å². The molecule has 0 saturated heterocycles. The Labute approximate surface area is 191 Å². The number of carbonyl (C=O) groups excluding carboxylic acids is 3. The standard InChI is InChI=1S/C22H25N3O6S/c1-3-12-30-18-7-5-6-16(13-18)20(27)23-22(32)25-24-19(26)14-31-17-10-8-15(9-11-17)21(28)29-4-2/h5-11,13H,3-4,12,14H2,1-2H3,(H,24,26)(H2,23,25,27,32). The van der Waals surface area contributed by atoms with Crippen molar-refractivity contribution in [3.63, 3.8) is 0 Å². The minimum absolute atomic E-state index is 0.0815. The van der Waals surface area contributed by atoms with E-state index in [-0.39, 0.29) is 18.3 Å². The maximum Gasteiger partial charge on any atom is 0.338 e. The van der Waals surface area contributed by atoms with E-state index < -0.39 is 17.8 Å². The van der Waals surface area contributed by atoms with Gasteiger partial charge in [0, 0.05) is 5.56 Å². The highest BCUT2D eigenvalue weighted by atomic mass is 32.1. The van der Waals surface area contributed by atoms with Crippen molar-refractivity contribution in [3.05, 3.63) is 59.7 Å². The van der Waals surface area contributed by atoms with Crippen molar-refractivity contribution in [1.29, 1.82) is 0 Å². The summed E-state index contributed by atoms with van der Waals surface area (Å²) in [6.45, 7) is 4.24. The van der Waals surface area contributed by atoms with Crippen LogP contribution in [0, 0.1) is 0 Å². The summed E-state index contributed by atoms with van der Waals surface area (Å²) in [4.78, 5) is 35.8. The van der Waals surface area contributed by atoms with E-state index in [0.29, 0.717) is 29.2 Å². The van der Waals surface area contributed by atoms with Gasteiger partial charge >= 0.3 is 5.97 Å². The summed E-state index contributed by atoms with van der Waals surface area (Å²) in [6.07, 6.45) is 0.854. The minimum Gasteiger partial charge on any atom is -0.494 e. The number of esters is 1. The Balaban J connectivity index is 1.74. The van der Waals surface area contributed by atoms with Crippen LogP contribution in [0.15, 0.2) is 48.5 Å². The maximum atomic E-state index is 12.3. The van der Waals surface area contributed by atoms with Gasteiger partial charge in [0.15, 0.2) is 11.7 Å². The van der Waals surface area contributed by atoms with E-state index in [9.17, 15) is 14.4 Å². The monoisotopic (exact) mass is 459 g/mol. The lowest BCUT2D eigenvalue weighted by Gasteiger charge is -2.12. The molecule has 0 aliphatic heterocycles. The fourth-order valence-corrected chi connectivity index (χ4v) is 2.51. The predicted octanol–water partition coefficient (Wildman–Crippen LogP) is 2.37. The lowest BCUT2D eigenvalue weighted by atomic mass is 10.2. The molecule has 0 aliphatic rings. The van der Waals surface area contributed by atoms with Gasteiger partial charge in [0.1, 0.15) is 11.5 Å². The molecule has 0 aliphatic carbocycles. The topological polar surface area (TPSA) is 115 Å². The summed E-state index contributed by atoms with van der Waals surface area (Å²) >= 11 is 5.02. The van der Waals surface area contributed by atoms with Crippen molar-refractivity contribution in [2.24, 2.45) is 0 Å². The third-order valence-electron chi connectivity index (χ3n) is 3.85. The number of hydrogen-bond acceptors (Lipinski definition) is 7. The highest BCUT2D eigenvalue weighted by Gasteiger charge is 2.11. The van der Waals surface area contributed by atoms with Gasteiger partial charge in [-0.25, -0.2) is 4.79 Å². The first-order valence-electron chi connectivity index (χ1n) is 9.96. The summed E-state index contributed by atoms with van der Waals surface area (Å²) in [5, 5.41) is 2.38. The van der Waals surface area contributed by atoms with Crippen molar-refractivity contribution in [2.75, 3.05) is 19.8 Å². The zero-order valence-corrected chi connectivity index (χ0v) is 18.6. The molecule has 0 heterocycles. The van der Waals surface area contributed by atoms with Gasteiger partial charge in [-0.2, -0.15) is 0 Å². The summed E-state index contributed by atoms with van der Waals surface area (Å²) in [7, 11) is 0. The molecule has 0 unspecified atom stereocenters. The molecule has 0 spiro atoms. The summed E-state index contributed by atoms with van der Waals surface area (Å²) in [5.41, 5.74) is 5.51. The Bertz CT molecular complexity index is 949. The average molecular weight is 460 g/mol. The third kappa shape index (κ3) is 8.23. The molecule has 32 heavy (non-hydrogen) atoms. The van der Waals surface area contributed by atoms with Crippen LogP contribution in [0.1, 0.15) is 41.0 Å². The number of rotatable bonds is 9. The van der Waals surface area contributed by atoms with E-state index in [1.165, 1.54) is 12.1 Å². The zero-order chi connectivity index (χ0) is 23.3. The van der Waals surface area contributed by atoms with Gasteiger partial charge in [-0.3, -0.25) is 25.8 Å². The second-order valence-corrected chi connectivity index (χ2v) is 6.77. The molecule has 2 aromatic carbocycles. The lowest BCUT2D eigenvalue weighted by Crippen LogP contribution is -2.49. The molecule has 0 radical (unpaired) electrons. The molecule has 2 amide bonds. The smallest absolute Gasteiger partial charge is 0.338 e. The third-order valence-corrected chi connectivity index (χ3v) is 4.05. The Kier molecular flexibility index (Phi) is 9.92. The van der Waals surface area contributed by atoms with Crippen LogP contribution in [0.3, 0.4) is 0 Å². The van der Waals surface area contributed by atoms with Gasteiger partial charge in [-0.15, -0.1) is 0 Å². The number of hydrogen-bond donors (Lipinski definition) is 3. The molecule has 0 bridgehead atoms. The van der Waals surface area contributed by atoms with E-state index in [4.69, 9.17) is 26.4 Å². The first kappa shape index (κ1) is 24.6. The molecular formula is C22H25N3O6S. The number of thiocarbonyl (C=S) groups is 1. The molecular weight excluding hydrogens is 434 g/mol. The zero-order valence-electron chi connectivity index (χ0n) is 17.8. The van der Waals surface area contributed by atoms with E-state index in [2.05, 4.69) is 16.2 Å². The molecule has 2 rings (SSSR count). The van der Waals surface area contributed by atoms with Crippen LogP contribution in [0.4, 0.5) is 0 Å². The van der Waals surface area contributed by atoms with Gasteiger partial charge in [-0.05, 0) is 68.0 Å². The SMILES string of the molecule is CCCOc1cccc(C(=O)NC(=S)NNC(=O)COc2ccc(C(=O)OCC)cc2)c1. The van der Waals surface area contributed by atoms with Crippen LogP contribution in [0.2, 0.25) is 0 Å². The highest BCUT2D eigenvalue weighted by molar-refractivity contribution is 7.80. The van der Waals surface area contributed by atoms with Gasteiger partial charge in [0.05, 0.1) is 18.8 Å². The van der Waals surface area contributed by atoms with Crippen LogP contribution >= 0.6 is 12.2 Å². The number of hydrazine groups is 1. The first-order chi connectivity index (χ1) is 15.4. The molecule has 0 atom stereocenters. The van der Waals surface area contributed by atoms with Gasteiger partial charge < -0.3 is 14.2 Å². The molecule has 9 nitrogen and oxygen atoms in total. The molecule has 2 aromatic rings. The summed E-state index contributed by atoms with van der Waals surface area (Å²) in [5.74, 6) is -0.423. The summed E-state index contributed by atoms with van der Waals surface area (Å²) in [6, 6.07) is 12.9. The predicted molar refractivity (Wildman–Crippen MR) is 121 cm³/mol. The summed E-state index contributed by atoms with van der Waals surface area (Å²) < 4.78 is 15.7. The van der Waals surface area contributed by atoms with Crippen LogP contribution in [-0.4, -0.2) is 42.7 Å². The number of ether oxygens (including phenoxy) is 3. The van der Waals surface area contributed by atoms with E-state index in [1.54, 1.807) is 43.3 Å². The van der Waals surface area contributed by atoms with Crippen LogP contribution < -0.4 is 25.6 Å². The Morgan fingerprint density at radius 3 is 2.34 bits per heavy atom. The lowest BCUT2D eigenvalue weighted by molar-refractivity contribution is -0.123. The number of benzene rings is 2. The second kappa shape index (κ2) is 12.9. The molecule has 0 aromatic heterocycles. The number of nitrogens with one attached hydrogen (secondary N) is 3. The fourth-order valence-electron chi connectivity index (χ4n) is 2.37. The first-order valence-corrected chi connectivity index (χ1v) is 10.4. The highest BCUT2D eigenvalue weighted by Crippen LogP contribution is 2.14. The Hall–Kier alpha value is -3.66. The van der Waals surface area contributed by atoms with Crippen LogP contribution in [0.25, 0.3) is 0 Å². The van der Waals surface area contributed by atoms with Crippen molar-refractivity contribution >= 4 is 35.1 Å². The van der Waals surface area contributed by atoms with Crippen LogP contribution in [0.5, 0.6) is 11.5 Å². The fraction of sp³-hybridized carbons (Fsp3) is 0.273. The largest absolute Gasteiger partial charge is 0.494 e. The Morgan fingerprint density at radius 1 is 0.906 bits per heavy atom. The van der Waals surface area contributed by atoms with Gasteiger partial charge in [0.2, 0.25) is 0 Å². The number of amides is 2. The van der Waals surface area contributed by atoms with Crippen molar-refractivity contribution in [1.82, 2.24) is 16.2 Å². The maximum absolute atomic E-state index is 12.3. The molecule has 170 valence electrons.